The summed E-state index contributed by atoms with van der Waals surface area (Å²) >= 11 is 0.578. The van der Waals surface area contributed by atoms with Crippen molar-refractivity contribution in [2.24, 2.45) is 5.14 Å². The maximum Gasteiger partial charge on any atom is 0.267 e. The number of sulfonamides is 1. The molecule has 0 bridgehead atoms. The molecule has 0 radical (unpaired) electrons. The summed E-state index contributed by atoms with van der Waals surface area (Å²) in [7, 11) is -7.04. The first kappa shape index (κ1) is 13.9. The summed E-state index contributed by atoms with van der Waals surface area (Å²) in [6, 6.07) is 8.09. The second-order valence-corrected chi connectivity index (χ2v) is 6.85. The van der Waals surface area contributed by atoms with Crippen LogP contribution in [0.5, 0.6) is 0 Å². The number of rotatable bonds is 4. The van der Waals surface area contributed by atoms with Crippen LogP contribution >= 0.6 is 11.3 Å². The van der Waals surface area contributed by atoms with Crippen LogP contribution in [-0.2, 0) is 20.9 Å². The van der Waals surface area contributed by atoms with Gasteiger partial charge in [0.1, 0.15) is 0 Å². The van der Waals surface area contributed by atoms with Gasteiger partial charge in [-0.2, -0.15) is 0 Å². The fraction of sp³-hybridized carbons (Fsp3) is 0. The van der Waals surface area contributed by atoms with Gasteiger partial charge in [0.05, 0.1) is 5.69 Å². The van der Waals surface area contributed by atoms with Crippen LogP contribution in [0.2, 0.25) is 0 Å². The van der Waals surface area contributed by atoms with Gasteiger partial charge in [0.25, 0.3) is 10.0 Å². The SMILES string of the molecule is NS(=O)(=O)c1nnc(N(c2ccccc2)[SH](=O)=O)s1. The van der Waals surface area contributed by atoms with Crippen molar-refractivity contribution < 1.29 is 16.8 Å². The van der Waals surface area contributed by atoms with E-state index in [1.54, 1.807) is 30.3 Å². The maximum absolute atomic E-state index is 11.3. The number of hydrogen-bond donors (Lipinski definition) is 2. The highest BCUT2D eigenvalue weighted by atomic mass is 32.2. The summed E-state index contributed by atoms with van der Waals surface area (Å²) in [6.07, 6.45) is 0. The highest BCUT2D eigenvalue weighted by molar-refractivity contribution is 7.91. The lowest BCUT2D eigenvalue weighted by Crippen LogP contribution is -2.13. The van der Waals surface area contributed by atoms with Gasteiger partial charge in [0.15, 0.2) is 0 Å². The minimum atomic E-state index is -4.00. The number of para-hydroxylation sites is 1. The molecule has 2 rings (SSSR count). The van der Waals surface area contributed by atoms with Gasteiger partial charge in [-0.3, -0.25) is 0 Å². The van der Waals surface area contributed by atoms with E-state index in [4.69, 9.17) is 5.14 Å². The van der Waals surface area contributed by atoms with E-state index in [0.29, 0.717) is 17.0 Å². The van der Waals surface area contributed by atoms with Crippen LogP contribution in [0.4, 0.5) is 10.8 Å². The lowest BCUT2D eigenvalue weighted by molar-refractivity contribution is 0.595. The largest absolute Gasteiger partial charge is 0.267 e. The molecule has 2 aromatic rings. The van der Waals surface area contributed by atoms with Crippen LogP contribution in [0.3, 0.4) is 0 Å². The lowest BCUT2D eigenvalue weighted by atomic mass is 10.3. The summed E-state index contributed by atoms with van der Waals surface area (Å²) in [4.78, 5) is 0. The molecular formula is C8H8N4O4S3. The van der Waals surface area contributed by atoms with E-state index in [1.165, 1.54) is 0 Å². The fourth-order valence-corrected chi connectivity index (χ4v) is 3.43. The van der Waals surface area contributed by atoms with E-state index in [0.717, 1.165) is 4.31 Å². The van der Waals surface area contributed by atoms with Gasteiger partial charge >= 0.3 is 0 Å². The molecule has 0 unspecified atom stereocenters. The van der Waals surface area contributed by atoms with Crippen molar-refractivity contribution in [2.75, 3.05) is 4.31 Å². The summed E-state index contributed by atoms with van der Waals surface area (Å²) in [5.41, 5.74) is 0.329. The van der Waals surface area contributed by atoms with Crippen LogP contribution in [0.15, 0.2) is 34.7 Å². The Bertz CT molecular complexity index is 745. The third-order valence-corrected chi connectivity index (χ3v) is 5.09. The molecule has 1 heterocycles. The highest BCUT2D eigenvalue weighted by Crippen LogP contribution is 2.29. The second kappa shape index (κ2) is 5.21. The first-order valence-corrected chi connectivity index (χ1v) is 8.24. The number of primary sulfonamides is 1. The number of thiol groups is 1. The molecule has 0 aliphatic carbocycles. The third kappa shape index (κ3) is 3.07. The zero-order valence-electron chi connectivity index (χ0n) is 9.20. The van der Waals surface area contributed by atoms with E-state index in [-0.39, 0.29) is 5.13 Å². The zero-order chi connectivity index (χ0) is 14.0. The average Bonchev–Trinajstić information content (AvgIpc) is 2.79. The molecule has 0 atom stereocenters. The maximum atomic E-state index is 11.3. The molecule has 0 aliphatic rings. The number of benzene rings is 1. The van der Waals surface area contributed by atoms with Gasteiger partial charge in [-0.15, -0.1) is 10.2 Å². The molecule has 0 fully saturated rings. The zero-order valence-corrected chi connectivity index (χ0v) is 11.7. The Hall–Kier alpha value is -1.56. The second-order valence-electron chi connectivity index (χ2n) is 3.28. The number of aromatic nitrogens is 2. The molecule has 0 aliphatic heterocycles. The van der Waals surface area contributed by atoms with Crippen LogP contribution in [-0.4, -0.2) is 27.0 Å². The van der Waals surface area contributed by atoms with E-state index >= 15 is 0 Å². The van der Waals surface area contributed by atoms with Crippen molar-refractivity contribution in [1.29, 1.82) is 0 Å². The Morgan fingerprint density at radius 3 is 2.26 bits per heavy atom. The van der Waals surface area contributed by atoms with E-state index in [9.17, 15) is 16.8 Å². The van der Waals surface area contributed by atoms with Gasteiger partial charge in [-0.25, -0.2) is 26.3 Å². The predicted molar refractivity (Wildman–Crippen MR) is 70.2 cm³/mol. The minimum absolute atomic E-state index is 0.0914. The summed E-state index contributed by atoms with van der Waals surface area (Å²) in [5, 5.41) is 11.7. The Kier molecular flexibility index (Phi) is 3.80. The Balaban J connectivity index is 2.50. The molecule has 19 heavy (non-hydrogen) atoms. The first-order chi connectivity index (χ1) is 8.89. The number of anilines is 2. The van der Waals surface area contributed by atoms with Crippen LogP contribution < -0.4 is 9.44 Å². The molecule has 0 spiro atoms. The Labute approximate surface area is 114 Å². The van der Waals surface area contributed by atoms with Crippen LogP contribution in [0.25, 0.3) is 0 Å². The predicted octanol–water partition coefficient (Wildman–Crippen LogP) is -0.150. The average molecular weight is 320 g/mol. The molecule has 1 aromatic carbocycles. The van der Waals surface area contributed by atoms with Crippen molar-refractivity contribution in [3.05, 3.63) is 30.3 Å². The quantitative estimate of drug-likeness (QED) is 0.755. The lowest BCUT2D eigenvalue weighted by Gasteiger charge is -2.12. The van der Waals surface area contributed by atoms with Gasteiger partial charge in [-0.05, 0) is 12.1 Å². The molecule has 8 nitrogen and oxygen atoms in total. The highest BCUT2D eigenvalue weighted by Gasteiger charge is 2.21. The Morgan fingerprint density at radius 1 is 1.16 bits per heavy atom. The minimum Gasteiger partial charge on any atom is -0.223 e. The molecule has 0 saturated carbocycles. The van der Waals surface area contributed by atoms with Gasteiger partial charge < -0.3 is 0 Å². The van der Waals surface area contributed by atoms with E-state index < -0.39 is 25.3 Å². The van der Waals surface area contributed by atoms with Gasteiger partial charge in [0.2, 0.25) is 20.4 Å². The molecular weight excluding hydrogens is 312 g/mol. The summed E-state index contributed by atoms with van der Waals surface area (Å²) in [5.74, 6) is 0. The van der Waals surface area contributed by atoms with Gasteiger partial charge in [-0.1, -0.05) is 29.5 Å². The van der Waals surface area contributed by atoms with Crippen molar-refractivity contribution in [3.63, 3.8) is 0 Å². The smallest absolute Gasteiger partial charge is 0.223 e. The van der Waals surface area contributed by atoms with Crippen LogP contribution in [0.1, 0.15) is 0 Å². The van der Waals surface area contributed by atoms with Crippen LogP contribution in [0, 0.1) is 0 Å². The fourth-order valence-electron chi connectivity index (χ4n) is 1.25. The first-order valence-electron chi connectivity index (χ1n) is 4.75. The van der Waals surface area contributed by atoms with Gasteiger partial charge in [0, 0.05) is 0 Å². The van der Waals surface area contributed by atoms with Crippen molar-refractivity contribution in [2.45, 2.75) is 4.34 Å². The van der Waals surface area contributed by atoms with Crippen molar-refractivity contribution in [3.8, 4) is 0 Å². The standard InChI is InChI=1S/C8H8N4O4S3/c9-19(15,16)8-11-10-7(17-8)12(18(13)14)6-4-2-1-3-5-6/h1-5,18H,(H2,9,15,16). The molecule has 1 aromatic heterocycles. The third-order valence-electron chi connectivity index (χ3n) is 1.98. The summed E-state index contributed by atoms with van der Waals surface area (Å²) < 4.78 is 45.2. The van der Waals surface area contributed by atoms with Crippen molar-refractivity contribution >= 4 is 43.1 Å². The molecule has 102 valence electrons. The monoisotopic (exact) mass is 320 g/mol. The molecule has 0 amide bonds. The van der Waals surface area contributed by atoms with Crippen molar-refractivity contribution in [1.82, 2.24) is 10.2 Å². The Morgan fingerprint density at radius 2 is 1.79 bits per heavy atom. The topological polar surface area (TPSA) is 123 Å². The van der Waals surface area contributed by atoms with E-state index in [2.05, 4.69) is 10.2 Å². The molecule has 2 N–H and O–H groups in total. The number of hydrogen-bond acceptors (Lipinski definition) is 7. The summed E-state index contributed by atoms with van der Waals surface area (Å²) in [6.45, 7) is 0. The molecule has 11 heteroatoms. The van der Waals surface area contributed by atoms with E-state index in [1.807, 2.05) is 0 Å². The molecule has 0 saturated heterocycles. The number of nitrogens with zero attached hydrogens (tertiary/aromatic N) is 3. The number of nitrogens with two attached hydrogens (primary N) is 1. The normalized spacial score (nSPS) is 11.7.